The van der Waals surface area contributed by atoms with E-state index in [2.05, 4.69) is 16.4 Å². The SMILES string of the molecule is COc1ccc(C(N)=S)c(NCCc2cccnc2)c1. The van der Waals surface area contributed by atoms with Crippen molar-refractivity contribution in [3.8, 4) is 5.75 Å². The van der Waals surface area contributed by atoms with Crippen LogP contribution >= 0.6 is 12.2 Å². The van der Waals surface area contributed by atoms with Crippen molar-refractivity contribution in [2.24, 2.45) is 5.73 Å². The largest absolute Gasteiger partial charge is 0.497 e. The Hall–Kier alpha value is -2.14. The normalized spacial score (nSPS) is 10.1. The summed E-state index contributed by atoms with van der Waals surface area (Å²) in [6.45, 7) is 0.772. The Balaban J connectivity index is 2.06. The van der Waals surface area contributed by atoms with Gasteiger partial charge in [0, 0.05) is 36.3 Å². The van der Waals surface area contributed by atoms with Crippen LogP contribution in [0.3, 0.4) is 0 Å². The number of hydrogen-bond acceptors (Lipinski definition) is 4. The van der Waals surface area contributed by atoms with E-state index < -0.39 is 0 Å². The molecule has 1 aromatic heterocycles. The summed E-state index contributed by atoms with van der Waals surface area (Å²) in [6.07, 6.45) is 4.51. The molecule has 1 aromatic carbocycles. The van der Waals surface area contributed by atoms with Gasteiger partial charge >= 0.3 is 0 Å². The number of thiocarbonyl (C=S) groups is 1. The van der Waals surface area contributed by atoms with Gasteiger partial charge < -0.3 is 15.8 Å². The van der Waals surface area contributed by atoms with Crippen molar-refractivity contribution in [1.82, 2.24) is 4.98 Å². The van der Waals surface area contributed by atoms with Gasteiger partial charge in [-0.05, 0) is 30.2 Å². The quantitative estimate of drug-likeness (QED) is 0.799. The van der Waals surface area contributed by atoms with E-state index in [1.165, 1.54) is 5.56 Å². The highest BCUT2D eigenvalue weighted by Crippen LogP contribution is 2.22. The van der Waals surface area contributed by atoms with Gasteiger partial charge in [0.2, 0.25) is 0 Å². The smallest absolute Gasteiger partial charge is 0.120 e. The average molecular weight is 287 g/mol. The molecule has 2 aromatic rings. The summed E-state index contributed by atoms with van der Waals surface area (Å²) >= 11 is 5.06. The Morgan fingerprint density at radius 2 is 2.25 bits per heavy atom. The lowest BCUT2D eigenvalue weighted by molar-refractivity contribution is 0.415. The predicted octanol–water partition coefficient (Wildman–Crippen LogP) is 2.38. The summed E-state index contributed by atoms with van der Waals surface area (Å²) < 4.78 is 5.22. The minimum atomic E-state index is 0.372. The number of nitrogens with two attached hydrogens (primary N) is 1. The number of methoxy groups -OCH3 is 1. The monoisotopic (exact) mass is 287 g/mol. The van der Waals surface area contributed by atoms with Crippen molar-refractivity contribution < 1.29 is 4.74 Å². The van der Waals surface area contributed by atoms with E-state index in [1.54, 1.807) is 13.3 Å². The molecule has 0 aliphatic carbocycles. The molecule has 104 valence electrons. The van der Waals surface area contributed by atoms with Crippen molar-refractivity contribution in [3.63, 3.8) is 0 Å². The highest BCUT2D eigenvalue weighted by molar-refractivity contribution is 7.80. The van der Waals surface area contributed by atoms with E-state index >= 15 is 0 Å². The zero-order valence-electron chi connectivity index (χ0n) is 11.3. The van der Waals surface area contributed by atoms with E-state index in [9.17, 15) is 0 Å². The first-order valence-corrected chi connectivity index (χ1v) is 6.72. The molecule has 0 fully saturated rings. The van der Waals surface area contributed by atoms with E-state index in [-0.39, 0.29) is 0 Å². The number of anilines is 1. The molecule has 5 heteroatoms. The average Bonchev–Trinajstić information content (AvgIpc) is 2.48. The lowest BCUT2D eigenvalue weighted by atomic mass is 10.1. The Bertz CT molecular complexity index is 587. The van der Waals surface area contributed by atoms with Crippen LogP contribution in [0.1, 0.15) is 11.1 Å². The number of nitrogens with one attached hydrogen (secondary N) is 1. The van der Waals surface area contributed by atoms with Crippen LogP contribution in [0.2, 0.25) is 0 Å². The fourth-order valence-electron chi connectivity index (χ4n) is 1.90. The van der Waals surface area contributed by atoms with Gasteiger partial charge in [-0.25, -0.2) is 0 Å². The lowest BCUT2D eigenvalue weighted by Crippen LogP contribution is -2.14. The number of pyridine rings is 1. The fraction of sp³-hybridized carbons (Fsp3) is 0.200. The molecule has 0 saturated heterocycles. The van der Waals surface area contributed by atoms with E-state index in [0.717, 1.165) is 30.0 Å². The standard InChI is InChI=1S/C15H17N3OS/c1-19-12-4-5-13(15(16)20)14(9-12)18-8-6-11-3-2-7-17-10-11/h2-5,7,9-10,18H,6,8H2,1H3,(H2,16,20). The number of hydrogen-bond donors (Lipinski definition) is 2. The molecule has 0 radical (unpaired) electrons. The predicted molar refractivity (Wildman–Crippen MR) is 85.3 cm³/mol. The molecule has 1 heterocycles. The summed E-state index contributed by atoms with van der Waals surface area (Å²) in [7, 11) is 1.63. The third kappa shape index (κ3) is 3.68. The van der Waals surface area contributed by atoms with Gasteiger partial charge in [-0.3, -0.25) is 4.98 Å². The summed E-state index contributed by atoms with van der Waals surface area (Å²) in [4.78, 5) is 4.47. The molecule has 4 nitrogen and oxygen atoms in total. The van der Waals surface area contributed by atoms with E-state index in [1.807, 2.05) is 30.5 Å². The molecule has 0 amide bonds. The van der Waals surface area contributed by atoms with Crippen LogP contribution in [-0.2, 0) is 6.42 Å². The number of nitrogens with zero attached hydrogens (tertiary/aromatic N) is 1. The molecule has 0 unspecified atom stereocenters. The second-order valence-corrected chi connectivity index (χ2v) is 4.75. The van der Waals surface area contributed by atoms with Crippen molar-refractivity contribution >= 4 is 22.9 Å². The van der Waals surface area contributed by atoms with Gasteiger partial charge in [0.05, 0.1) is 7.11 Å². The first kappa shape index (κ1) is 14.3. The molecular formula is C15H17N3OS. The highest BCUT2D eigenvalue weighted by atomic mass is 32.1. The van der Waals surface area contributed by atoms with Gasteiger partial charge in [0.25, 0.3) is 0 Å². The van der Waals surface area contributed by atoms with Crippen LogP contribution in [0.4, 0.5) is 5.69 Å². The maximum atomic E-state index is 5.73. The van der Waals surface area contributed by atoms with Gasteiger partial charge in [-0.2, -0.15) is 0 Å². The fourth-order valence-corrected chi connectivity index (χ4v) is 2.08. The number of rotatable bonds is 6. The van der Waals surface area contributed by atoms with Crippen LogP contribution in [0, 0.1) is 0 Å². The number of aromatic nitrogens is 1. The summed E-state index contributed by atoms with van der Waals surface area (Å²) in [5, 5.41) is 3.34. The van der Waals surface area contributed by atoms with Crippen molar-refractivity contribution in [2.75, 3.05) is 19.0 Å². The Morgan fingerprint density at radius 3 is 2.90 bits per heavy atom. The van der Waals surface area contributed by atoms with Crippen LogP contribution in [-0.4, -0.2) is 23.6 Å². The minimum absolute atomic E-state index is 0.372. The molecule has 0 saturated carbocycles. The zero-order valence-corrected chi connectivity index (χ0v) is 12.1. The topological polar surface area (TPSA) is 60.2 Å². The van der Waals surface area contributed by atoms with E-state index in [4.69, 9.17) is 22.7 Å². The first-order chi connectivity index (χ1) is 9.70. The summed E-state index contributed by atoms with van der Waals surface area (Å²) in [5.41, 5.74) is 8.63. The molecule has 2 rings (SSSR count). The molecule has 0 bridgehead atoms. The van der Waals surface area contributed by atoms with Gasteiger partial charge in [-0.15, -0.1) is 0 Å². The van der Waals surface area contributed by atoms with E-state index in [0.29, 0.717) is 4.99 Å². The maximum absolute atomic E-state index is 5.73. The van der Waals surface area contributed by atoms with Crippen molar-refractivity contribution in [2.45, 2.75) is 6.42 Å². The molecule has 0 aliphatic heterocycles. The third-order valence-corrected chi connectivity index (χ3v) is 3.16. The summed E-state index contributed by atoms with van der Waals surface area (Å²) in [5.74, 6) is 0.772. The second-order valence-electron chi connectivity index (χ2n) is 4.31. The maximum Gasteiger partial charge on any atom is 0.120 e. The van der Waals surface area contributed by atoms with Crippen molar-refractivity contribution in [1.29, 1.82) is 0 Å². The Kier molecular flexibility index (Phi) is 4.90. The molecular weight excluding hydrogens is 270 g/mol. The first-order valence-electron chi connectivity index (χ1n) is 6.31. The lowest BCUT2D eigenvalue weighted by Gasteiger charge is -2.12. The van der Waals surface area contributed by atoms with Crippen LogP contribution in [0.15, 0.2) is 42.7 Å². The van der Waals surface area contributed by atoms with Crippen LogP contribution < -0.4 is 15.8 Å². The second kappa shape index (κ2) is 6.86. The number of benzene rings is 1. The molecule has 0 atom stereocenters. The van der Waals surface area contributed by atoms with Gasteiger partial charge in [-0.1, -0.05) is 18.3 Å². The Morgan fingerprint density at radius 1 is 1.40 bits per heavy atom. The summed E-state index contributed by atoms with van der Waals surface area (Å²) in [6, 6.07) is 9.60. The minimum Gasteiger partial charge on any atom is -0.497 e. The number of ether oxygens (including phenoxy) is 1. The molecule has 0 spiro atoms. The Labute approximate surface area is 124 Å². The molecule has 0 aliphatic rings. The third-order valence-electron chi connectivity index (χ3n) is 2.94. The zero-order chi connectivity index (χ0) is 14.4. The van der Waals surface area contributed by atoms with Crippen LogP contribution in [0.25, 0.3) is 0 Å². The van der Waals surface area contributed by atoms with Crippen LogP contribution in [0.5, 0.6) is 5.75 Å². The molecule has 20 heavy (non-hydrogen) atoms. The van der Waals surface area contributed by atoms with Crippen molar-refractivity contribution in [3.05, 3.63) is 53.9 Å². The molecule has 3 N–H and O–H groups in total. The van der Waals surface area contributed by atoms with Gasteiger partial charge in [0.1, 0.15) is 10.7 Å². The highest BCUT2D eigenvalue weighted by Gasteiger charge is 2.06. The van der Waals surface area contributed by atoms with Gasteiger partial charge in [0.15, 0.2) is 0 Å².